The maximum Gasteiger partial charge on any atom is 0.150 e. The topological polar surface area (TPSA) is 53.3 Å². The third-order valence-corrected chi connectivity index (χ3v) is 2.26. The van der Waals surface area contributed by atoms with Gasteiger partial charge in [0, 0.05) is 32.3 Å². The van der Waals surface area contributed by atoms with Gasteiger partial charge in [-0.05, 0) is 12.1 Å². The zero-order valence-corrected chi connectivity index (χ0v) is 10.1. The van der Waals surface area contributed by atoms with E-state index in [1.807, 2.05) is 49.3 Å². The predicted molar refractivity (Wildman–Crippen MR) is 66.1 cm³/mol. The number of nitriles is 1. The Balaban J connectivity index is 2.44. The molecule has 0 amide bonds. The molecule has 0 aliphatic rings. The average molecular weight is 232 g/mol. The minimum atomic E-state index is -0.0868. The number of hydrogen-bond acceptors (Lipinski definition) is 4. The first-order valence-electron chi connectivity index (χ1n) is 5.42. The Labute approximate surface area is 101 Å². The van der Waals surface area contributed by atoms with Crippen LogP contribution in [0.2, 0.25) is 0 Å². The Morgan fingerprint density at radius 1 is 1.47 bits per heavy atom. The van der Waals surface area contributed by atoms with Crippen LogP contribution in [0, 0.1) is 11.3 Å². The molecule has 0 fully saturated rings. The summed E-state index contributed by atoms with van der Waals surface area (Å²) in [5.74, 6) is 0.650. The van der Waals surface area contributed by atoms with Crippen LogP contribution >= 0.6 is 0 Å². The number of hydrogen-bond donors (Lipinski definition) is 0. The third kappa shape index (κ3) is 4.56. The normalized spacial score (nSPS) is 9.47. The van der Waals surface area contributed by atoms with Crippen molar-refractivity contribution in [1.29, 1.82) is 5.26 Å². The number of ether oxygens (including phenoxy) is 1. The van der Waals surface area contributed by atoms with E-state index in [0.29, 0.717) is 6.61 Å². The average Bonchev–Trinajstić information content (AvgIpc) is 2.30. The van der Waals surface area contributed by atoms with Gasteiger partial charge in [-0.2, -0.15) is 5.26 Å². The molecule has 0 aliphatic heterocycles. The van der Waals surface area contributed by atoms with E-state index in [1.54, 1.807) is 0 Å². The van der Waals surface area contributed by atoms with Gasteiger partial charge in [0.15, 0.2) is 0 Å². The first-order valence-corrected chi connectivity index (χ1v) is 5.42. The number of rotatable bonds is 6. The van der Waals surface area contributed by atoms with Crippen LogP contribution in [0.1, 0.15) is 12.8 Å². The zero-order valence-electron chi connectivity index (χ0n) is 10.1. The molecule has 90 valence electrons. The van der Waals surface area contributed by atoms with Crippen LogP contribution in [0.5, 0.6) is 5.75 Å². The van der Waals surface area contributed by atoms with Crippen molar-refractivity contribution < 1.29 is 9.53 Å². The molecule has 0 spiro atoms. The van der Waals surface area contributed by atoms with Crippen molar-refractivity contribution in [3.63, 3.8) is 0 Å². The van der Waals surface area contributed by atoms with Crippen LogP contribution < -0.4 is 9.64 Å². The summed E-state index contributed by atoms with van der Waals surface area (Å²) in [6.07, 6.45) is 0.237. The minimum absolute atomic E-state index is 0.0406. The Morgan fingerprint density at radius 2 is 2.24 bits per heavy atom. The fourth-order valence-corrected chi connectivity index (χ4v) is 1.31. The van der Waals surface area contributed by atoms with Crippen molar-refractivity contribution in [2.45, 2.75) is 12.8 Å². The van der Waals surface area contributed by atoms with Gasteiger partial charge in [-0.3, -0.25) is 4.79 Å². The highest BCUT2D eigenvalue weighted by atomic mass is 16.5. The molecule has 0 unspecified atom stereocenters. The van der Waals surface area contributed by atoms with Crippen molar-refractivity contribution in [1.82, 2.24) is 0 Å². The molecule has 0 saturated carbocycles. The number of anilines is 1. The fourth-order valence-electron chi connectivity index (χ4n) is 1.31. The van der Waals surface area contributed by atoms with E-state index in [2.05, 4.69) is 0 Å². The minimum Gasteiger partial charge on any atom is -0.493 e. The summed E-state index contributed by atoms with van der Waals surface area (Å²) in [7, 11) is 3.91. The largest absolute Gasteiger partial charge is 0.493 e. The summed E-state index contributed by atoms with van der Waals surface area (Å²) in [6, 6.07) is 9.47. The number of benzene rings is 1. The summed E-state index contributed by atoms with van der Waals surface area (Å²) in [4.78, 5) is 13.1. The number of carbonyl (C=O) groups excluding carboxylic acids is 1. The van der Waals surface area contributed by atoms with Gasteiger partial charge in [-0.15, -0.1) is 0 Å². The molecule has 1 aromatic rings. The molecule has 0 bridgehead atoms. The van der Waals surface area contributed by atoms with Crippen LogP contribution in [0.25, 0.3) is 0 Å². The third-order valence-electron chi connectivity index (χ3n) is 2.26. The van der Waals surface area contributed by atoms with E-state index in [1.165, 1.54) is 0 Å². The van der Waals surface area contributed by atoms with E-state index in [-0.39, 0.29) is 18.6 Å². The highest BCUT2D eigenvalue weighted by molar-refractivity contribution is 5.80. The van der Waals surface area contributed by atoms with Crippen molar-refractivity contribution in [3.8, 4) is 11.8 Å². The number of Topliss-reactive ketones (excluding diaryl/α,β-unsaturated/α-hetero) is 1. The molecule has 17 heavy (non-hydrogen) atoms. The summed E-state index contributed by atoms with van der Waals surface area (Å²) in [5.41, 5.74) is 1.05. The van der Waals surface area contributed by atoms with Crippen LogP contribution in [-0.2, 0) is 4.79 Å². The Hall–Kier alpha value is -2.02. The monoisotopic (exact) mass is 232 g/mol. The number of ketones is 1. The maximum atomic E-state index is 11.1. The Morgan fingerprint density at radius 3 is 2.88 bits per heavy atom. The van der Waals surface area contributed by atoms with Gasteiger partial charge in [-0.1, -0.05) is 6.07 Å². The standard InChI is InChI=1S/C13H16N2O2/c1-15(2)11-4-3-5-13(10-11)17-9-7-12(16)6-8-14/h3-5,10H,6-7,9H2,1-2H3. The summed E-state index contributed by atoms with van der Waals surface area (Å²) in [5, 5.41) is 8.33. The quantitative estimate of drug-likeness (QED) is 0.752. The molecule has 0 radical (unpaired) electrons. The zero-order chi connectivity index (χ0) is 12.7. The van der Waals surface area contributed by atoms with Crippen LogP contribution in [-0.4, -0.2) is 26.5 Å². The molecule has 0 heterocycles. The molecule has 4 nitrogen and oxygen atoms in total. The van der Waals surface area contributed by atoms with Crippen molar-refractivity contribution in [3.05, 3.63) is 24.3 Å². The van der Waals surface area contributed by atoms with Gasteiger partial charge in [0.05, 0.1) is 19.1 Å². The van der Waals surface area contributed by atoms with E-state index in [0.717, 1.165) is 11.4 Å². The molecule has 1 aromatic carbocycles. The Bertz CT molecular complexity index is 422. The fraction of sp³-hybridized carbons (Fsp3) is 0.385. The lowest BCUT2D eigenvalue weighted by Gasteiger charge is -2.13. The lowest BCUT2D eigenvalue weighted by atomic mass is 10.2. The molecule has 0 N–H and O–H groups in total. The highest BCUT2D eigenvalue weighted by Crippen LogP contribution is 2.19. The molecule has 0 aromatic heterocycles. The smallest absolute Gasteiger partial charge is 0.150 e. The molecule has 0 atom stereocenters. The summed E-state index contributed by atoms with van der Waals surface area (Å²) >= 11 is 0. The second kappa shape index (κ2) is 6.54. The van der Waals surface area contributed by atoms with Crippen molar-refractivity contribution in [2.75, 3.05) is 25.6 Å². The van der Waals surface area contributed by atoms with E-state index < -0.39 is 0 Å². The number of carbonyl (C=O) groups is 1. The number of nitrogens with zero attached hydrogens (tertiary/aromatic N) is 2. The SMILES string of the molecule is CN(C)c1cccc(OCCC(=O)CC#N)c1. The lowest BCUT2D eigenvalue weighted by molar-refractivity contribution is -0.118. The molecular formula is C13H16N2O2. The van der Waals surface area contributed by atoms with Crippen LogP contribution in [0.15, 0.2) is 24.3 Å². The second-order valence-electron chi connectivity index (χ2n) is 3.86. The Kier molecular flexibility index (Phi) is 5.02. The van der Waals surface area contributed by atoms with Gasteiger partial charge >= 0.3 is 0 Å². The molecular weight excluding hydrogens is 216 g/mol. The lowest BCUT2D eigenvalue weighted by Crippen LogP contribution is -2.09. The second-order valence-corrected chi connectivity index (χ2v) is 3.86. The highest BCUT2D eigenvalue weighted by Gasteiger charge is 2.02. The van der Waals surface area contributed by atoms with Gasteiger partial charge < -0.3 is 9.64 Å². The van der Waals surface area contributed by atoms with Crippen molar-refractivity contribution >= 4 is 11.5 Å². The first kappa shape index (κ1) is 13.0. The maximum absolute atomic E-state index is 11.1. The van der Waals surface area contributed by atoms with Crippen molar-refractivity contribution in [2.24, 2.45) is 0 Å². The predicted octanol–water partition coefficient (Wildman–Crippen LogP) is 2.00. The van der Waals surface area contributed by atoms with E-state index in [4.69, 9.17) is 10.00 Å². The van der Waals surface area contributed by atoms with Gasteiger partial charge in [0.2, 0.25) is 0 Å². The molecule has 0 aliphatic carbocycles. The molecule has 4 heteroatoms. The van der Waals surface area contributed by atoms with E-state index in [9.17, 15) is 4.79 Å². The first-order chi connectivity index (χ1) is 8.13. The van der Waals surface area contributed by atoms with Gasteiger partial charge in [-0.25, -0.2) is 0 Å². The summed E-state index contributed by atoms with van der Waals surface area (Å²) in [6.45, 7) is 0.317. The molecule has 0 saturated heterocycles. The van der Waals surface area contributed by atoms with Gasteiger partial charge in [0.1, 0.15) is 11.5 Å². The van der Waals surface area contributed by atoms with Crippen LogP contribution in [0.3, 0.4) is 0 Å². The van der Waals surface area contributed by atoms with E-state index >= 15 is 0 Å². The molecule has 1 rings (SSSR count). The summed E-state index contributed by atoms with van der Waals surface area (Å²) < 4.78 is 5.46. The van der Waals surface area contributed by atoms with Crippen LogP contribution in [0.4, 0.5) is 5.69 Å². The van der Waals surface area contributed by atoms with Gasteiger partial charge in [0.25, 0.3) is 0 Å².